The molecule has 2 rings (SSSR count). The van der Waals surface area contributed by atoms with Crippen LogP contribution in [0.25, 0.3) is 11.4 Å². The van der Waals surface area contributed by atoms with E-state index in [0.717, 1.165) is 6.42 Å². The highest BCUT2D eigenvalue weighted by Gasteiger charge is 2.09. The first kappa shape index (κ1) is 13.2. The van der Waals surface area contributed by atoms with Crippen LogP contribution >= 0.6 is 0 Å². The molecule has 0 bridgehead atoms. The Morgan fingerprint density at radius 3 is 2.74 bits per heavy atom. The third-order valence-corrected chi connectivity index (χ3v) is 2.43. The van der Waals surface area contributed by atoms with Crippen molar-refractivity contribution in [2.75, 3.05) is 6.61 Å². The third kappa shape index (κ3) is 3.38. The highest BCUT2D eigenvalue weighted by Crippen LogP contribution is 2.16. The van der Waals surface area contributed by atoms with Crippen molar-refractivity contribution in [1.82, 2.24) is 10.1 Å². The fourth-order valence-corrected chi connectivity index (χ4v) is 1.50. The molecule has 2 aromatic rings. The average molecular weight is 262 g/mol. The molecular formula is C13H14N2O4. The van der Waals surface area contributed by atoms with Gasteiger partial charge in [-0.3, -0.25) is 0 Å². The molecule has 0 saturated heterocycles. The number of rotatable bonds is 6. The molecule has 6 heteroatoms. The number of carboxylic acid groups (broad SMARTS) is 1. The summed E-state index contributed by atoms with van der Waals surface area (Å²) in [7, 11) is 0. The minimum absolute atomic E-state index is 0.221. The van der Waals surface area contributed by atoms with Gasteiger partial charge >= 0.3 is 5.97 Å². The predicted octanol–water partition coefficient (Wildman–Crippen LogP) is 2.36. The average Bonchev–Trinajstić information content (AvgIpc) is 2.88. The Labute approximate surface area is 110 Å². The lowest BCUT2D eigenvalue weighted by molar-refractivity contribution is 0.0697. The molecule has 0 radical (unpaired) electrons. The van der Waals surface area contributed by atoms with Gasteiger partial charge in [0.25, 0.3) is 5.89 Å². The lowest BCUT2D eigenvalue weighted by atomic mass is 10.1. The van der Waals surface area contributed by atoms with E-state index in [1.807, 2.05) is 6.92 Å². The molecule has 0 aliphatic rings. The molecule has 0 saturated carbocycles. The van der Waals surface area contributed by atoms with E-state index >= 15 is 0 Å². The van der Waals surface area contributed by atoms with Gasteiger partial charge in [-0.15, -0.1) is 0 Å². The largest absolute Gasteiger partial charge is 0.478 e. The van der Waals surface area contributed by atoms with Crippen LogP contribution in [0.4, 0.5) is 0 Å². The van der Waals surface area contributed by atoms with Crippen molar-refractivity contribution in [3.63, 3.8) is 0 Å². The first-order valence-electron chi connectivity index (χ1n) is 5.94. The standard InChI is InChI=1S/C13H14N2O4/c1-2-7-18-8-11-14-12(15-19-11)9-3-5-10(6-4-9)13(16)17/h3-6H,2,7-8H2,1H3,(H,16,17). The van der Waals surface area contributed by atoms with Gasteiger partial charge in [0.1, 0.15) is 6.61 Å². The molecule has 1 heterocycles. The van der Waals surface area contributed by atoms with Crippen LogP contribution in [0.1, 0.15) is 29.6 Å². The van der Waals surface area contributed by atoms with Crippen LogP contribution in [0.3, 0.4) is 0 Å². The topological polar surface area (TPSA) is 85.5 Å². The van der Waals surface area contributed by atoms with Crippen molar-refractivity contribution >= 4 is 5.97 Å². The van der Waals surface area contributed by atoms with E-state index in [1.54, 1.807) is 12.1 Å². The zero-order chi connectivity index (χ0) is 13.7. The Morgan fingerprint density at radius 2 is 2.11 bits per heavy atom. The summed E-state index contributed by atoms with van der Waals surface area (Å²) in [6, 6.07) is 6.29. The van der Waals surface area contributed by atoms with E-state index in [-0.39, 0.29) is 12.2 Å². The summed E-state index contributed by atoms with van der Waals surface area (Å²) < 4.78 is 10.3. The molecule has 6 nitrogen and oxygen atoms in total. The summed E-state index contributed by atoms with van der Waals surface area (Å²) in [6.45, 7) is 2.95. The predicted molar refractivity (Wildman–Crippen MR) is 66.6 cm³/mol. The van der Waals surface area contributed by atoms with Crippen LogP contribution < -0.4 is 0 Å². The van der Waals surface area contributed by atoms with Crippen molar-refractivity contribution in [2.45, 2.75) is 20.0 Å². The number of hydrogen-bond acceptors (Lipinski definition) is 5. The zero-order valence-electron chi connectivity index (χ0n) is 10.5. The second kappa shape index (κ2) is 6.10. The molecule has 19 heavy (non-hydrogen) atoms. The Morgan fingerprint density at radius 1 is 1.37 bits per heavy atom. The van der Waals surface area contributed by atoms with Gasteiger partial charge in [-0.2, -0.15) is 4.98 Å². The second-order valence-corrected chi connectivity index (χ2v) is 3.95. The second-order valence-electron chi connectivity index (χ2n) is 3.95. The van der Waals surface area contributed by atoms with Gasteiger partial charge in [-0.25, -0.2) is 4.79 Å². The summed E-state index contributed by atoms with van der Waals surface area (Å²) in [5.74, 6) is -0.133. The molecular weight excluding hydrogens is 248 g/mol. The quantitative estimate of drug-likeness (QED) is 0.804. The van der Waals surface area contributed by atoms with Crippen molar-refractivity contribution < 1.29 is 19.2 Å². The van der Waals surface area contributed by atoms with Crippen LogP contribution in [0, 0.1) is 0 Å². The minimum atomic E-state index is -0.965. The SMILES string of the molecule is CCCOCc1nc(-c2ccc(C(=O)O)cc2)no1. The summed E-state index contributed by atoms with van der Waals surface area (Å²) >= 11 is 0. The van der Waals surface area contributed by atoms with E-state index in [0.29, 0.717) is 23.9 Å². The number of carboxylic acids is 1. The number of aromatic carboxylic acids is 1. The maximum absolute atomic E-state index is 10.7. The first-order chi connectivity index (χ1) is 9.20. The van der Waals surface area contributed by atoms with Gasteiger partial charge in [-0.1, -0.05) is 24.2 Å². The number of carbonyl (C=O) groups is 1. The summed E-state index contributed by atoms with van der Waals surface area (Å²) in [5, 5.41) is 12.6. The van der Waals surface area contributed by atoms with Crippen molar-refractivity contribution in [3.8, 4) is 11.4 Å². The highest BCUT2D eigenvalue weighted by atomic mass is 16.5. The van der Waals surface area contributed by atoms with E-state index in [4.69, 9.17) is 14.4 Å². The molecule has 0 fully saturated rings. The monoisotopic (exact) mass is 262 g/mol. The number of hydrogen-bond donors (Lipinski definition) is 1. The van der Waals surface area contributed by atoms with E-state index in [2.05, 4.69) is 10.1 Å². The first-order valence-corrected chi connectivity index (χ1v) is 5.94. The Kier molecular flexibility index (Phi) is 4.25. The molecule has 0 atom stereocenters. The van der Waals surface area contributed by atoms with Gasteiger partial charge < -0.3 is 14.4 Å². The van der Waals surface area contributed by atoms with Crippen molar-refractivity contribution in [1.29, 1.82) is 0 Å². The molecule has 0 spiro atoms. The third-order valence-electron chi connectivity index (χ3n) is 2.43. The minimum Gasteiger partial charge on any atom is -0.478 e. The maximum Gasteiger partial charge on any atom is 0.335 e. The van der Waals surface area contributed by atoms with Gasteiger partial charge in [0.05, 0.1) is 5.56 Å². The lowest BCUT2D eigenvalue weighted by Crippen LogP contribution is -1.95. The normalized spacial score (nSPS) is 10.6. The van der Waals surface area contributed by atoms with Gasteiger partial charge in [0.2, 0.25) is 5.82 Å². The molecule has 1 aromatic heterocycles. The molecule has 0 amide bonds. The van der Waals surface area contributed by atoms with Gasteiger partial charge in [0.15, 0.2) is 0 Å². The number of ether oxygens (including phenoxy) is 1. The molecule has 100 valence electrons. The van der Waals surface area contributed by atoms with E-state index in [9.17, 15) is 4.79 Å². The number of nitrogens with zero attached hydrogens (tertiary/aromatic N) is 2. The van der Waals surface area contributed by atoms with Crippen LogP contribution in [0.15, 0.2) is 28.8 Å². The van der Waals surface area contributed by atoms with Crippen molar-refractivity contribution in [2.24, 2.45) is 0 Å². The van der Waals surface area contributed by atoms with Crippen LogP contribution in [0.2, 0.25) is 0 Å². The summed E-state index contributed by atoms with van der Waals surface area (Å²) in [6.07, 6.45) is 0.928. The van der Waals surface area contributed by atoms with Crippen LogP contribution in [-0.2, 0) is 11.3 Å². The Balaban J connectivity index is 2.07. The summed E-state index contributed by atoms with van der Waals surface area (Å²) in [4.78, 5) is 14.9. The molecule has 1 aromatic carbocycles. The molecule has 0 aliphatic carbocycles. The Hall–Kier alpha value is -2.21. The number of benzene rings is 1. The maximum atomic E-state index is 10.7. The lowest BCUT2D eigenvalue weighted by Gasteiger charge is -1.96. The van der Waals surface area contributed by atoms with Gasteiger partial charge in [-0.05, 0) is 18.6 Å². The van der Waals surface area contributed by atoms with E-state index in [1.165, 1.54) is 12.1 Å². The molecule has 0 unspecified atom stereocenters. The van der Waals surface area contributed by atoms with Crippen LogP contribution in [-0.4, -0.2) is 27.8 Å². The Bertz CT molecular complexity index is 548. The van der Waals surface area contributed by atoms with Crippen LogP contribution in [0.5, 0.6) is 0 Å². The van der Waals surface area contributed by atoms with E-state index < -0.39 is 5.97 Å². The smallest absolute Gasteiger partial charge is 0.335 e. The molecule has 0 aliphatic heterocycles. The van der Waals surface area contributed by atoms with Crippen molar-refractivity contribution in [3.05, 3.63) is 35.7 Å². The fraction of sp³-hybridized carbons (Fsp3) is 0.308. The summed E-state index contributed by atoms with van der Waals surface area (Å²) in [5.41, 5.74) is 0.925. The number of aromatic nitrogens is 2. The fourth-order valence-electron chi connectivity index (χ4n) is 1.50. The highest BCUT2D eigenvalue weighted by molar-refractivity contribution is 5.88. The molecule has 1 N–H and O–H groups in total. The van der Waals surface area contributed by atoms with Gasteiger partial charge in [0, 0.05) is 12.2 Å². The zero-order valence-corrected chi connectivity index (χ0v) is 10.5.